The molecule has 10 heteroatoms. The molecule has 1 radical (unpaired) electrons. The lowest BCUT2D eigenvalue weighted by molar-refractivity contribution is -0.0500. The molecule has 0 heterocycles. The number of alkyl halides is 3. The van der Waals surface area contributed by atoms with Gasteiger partial charge in [0.05, 0.1) is 0 Å². The molecule has 0 aromatic heterocycles. The molecule has 0 saturated heterocycles. The Labute approximate surface area is 285 Å². The summed E-state index contributed by atoms with van der Waals surface area (Å²) >= 11 is 0. The summed E-state index contributed by atoms with van der Waals surface area (Å²) in [4.78, 5) is 0. The van der Waals surface area contributed by atoms with Gasteiger partial charge in [0.1, 0.15) is 0 Å². The minimum absolute atomic E-state index is 0.530. The van der Waals surface area contributed by atoms with Gasteiger partial charge in [-0.15, -0.1) is 0 Å². The van der Waals surface area contributed by atoms with Gasteiger partial charge in [0.2, 0.25) is 0 Å². The Bertz CT molecular complexity index is 1280. The van der Waals surface area contributed by atoms with Crippen LogP contribution in [0.15, 0.2) is 48.5 Å². The first-order chi connectivity index (χ1) is 22.7. The van der Waals surface area contributed by atoms with Crippen molar-refractivity contribution in [2.75, 3.05) is 0 Å². The fourth-order valence-corrected chi connectivity index (χ4v) is 21.4. The van der Waals surface area contributed by atoms with Crippen molar-refractivity contribution in [1.82, 2.24) is 0 Å². The van der Waals surface area contributed by atoms with Crippen molar-refractivity contribution >= 4 is 56.0 Å². The topological polar surface area (TPSA) is 43.4 Å². The van der Waals surface area contributed by atoms with Crippen molar-refractivity contribution in [2.45, 2.75) is 157 Å². The molecule has 0 bridgehead atoms. The number of rotatable bonds is 10. The SMILES string of the molecule is O=S(=O)(O[Si](c1ccccc1P(C1CCCCC1)C1CCCCC1)c1ccccc1P(C1CCCCC1)C1CCCCC1)C(F)(F)F. The summed E-state index contributed by atoms with van der Waals surface area (Å²) in [5.41, 5.74) is -3.35. The zero-order valence-electron chi connectivity index (χ0n) is 27.7. The van der Waals surface area contributed by atoms with E-state index >= 15 is 0 Å². The molecule has 47 heavy (non-hydrogen) atoms. The first-order valence-corrected chi connectivity index (χ1v) is 24.2. The van der Waals surface area contributed by atoms with Gasteiger partial charge in [-0.05, 0) is 95.0 Å². The average molecular weight is 724 g/mol. The van der Waals surface area contributed by atoms with E-state index in [1.807, 2.05) is 36.4 Å². The lowest BCUT2D eigenvalue weighted by atomic mass is 9.99. The first-order valence-electron chi connectivity index (χ1n) is 18.4. The zero-order valence-corrected chi connectivity index (χ0v) is 31.3. The normalized spacial score (nSPS) is 22.0. The third-order valence-electron chi connectivity index (χ3n) is 11.2. The average Bonchev–Trinajstić information content (AvgIpc) is 3.10. The molecule has 6 rings (SSSR count). The Hall–Kier alpha value is -0.783. The van der Waals surface area contributed by atoms with Crippen LogP contribution in [0.2, 0.25) is 0 Å². The van der Waals surface area contributed by atoms with Crippen molar-refractivity contribution in [2.24, 2.45) is 0 Å². The Morgan fingerprint density at radius 3 is 1.13 bits per heavy atom. The monoisotopic (exact) mass is 723 g/mol. The highest BCUT2D eigenvalue weighted by Gasteiger charge is 2.50. The van der Waals surface area contributed by atoms with Crippen molar-refractivity contribution < 1.29 is 25.5 Å². The molecule has 0 atom stereocenters. The Kier molecular flexibility index (Phi) is 12.6. The second kappa shape index (κ2) is 16.5. The largest absolute Gasteiger partial charge is 0.522 e. The van der Waals surface area contributed by atoms with Crippen LogP contribution in [0.3, 0.4) is 0 Å². The van der Waals surface area contributed by atoms with Crippen LogP contribution in [0.1, 0.15) is 128 Å². The molecule has 4 fully saturated rings. The summed E-state index contributed by atoms with van der Waals surface area (Å²) < 4.78 is 74.5. The Morgan fingerprint density at radius 2 is 0.830 bits per heavy atom. The number of benzene rings is 2. The van der Waals surface area contributed by atoms with Gasteiger partial charge in [-0.1, -0.05) is 141 Å². The first kappa shape index (κ1) is 36.0. The quantitative estimate of drug-likeness (QED) is 0.140. The molecule has 4 aliphatic carbocycles. The molecule has 0 aliphatic heterocycles. The highest BCUT2D eigenvalue weighted by Crippen LogP contribution is 2.56. The third kappa shape index (κ3) is 8.58. The summed E-state index contributed by atoms with van der Waals surface area (Å²) in [7, 11) is -9.99. The van der Waals surface area contributed by atoms with Crippen LogP contribution in [-0.4, -0.2) is 45.6 Å². The van der Waals surface area contributed by atoms with E-state index in [-0.39, 0.29) is 0 Å². The second-order valence-electron chi connectivity index (χ2n) is 14.3. The van der Waals surface area contributed by atoms with E-state index in [1.54, 1.807) is 0 Å². The molecule has 0 spiro atoms. The van der Waals surface area contributed by atoms with Gasteiger partial charge in [0, 0.05) is 0 Å². The van der Waals surface area contributed by atoms with Crippen molar-refractivity contribution in [3.8, 4) is 0 Å². The third-order valence-corrected chi connectivity index (χ3v) is 22.7. The minimum atomic E-state index is -5.82. The summed E-state index contributed by atoms with van der Waals surface area (Å²) in [5, 5.41) is 3.76. The smallest absolute Gasteiger partial charge is 0.296 e. The van der Waals surface area contributed by atoms with Gasteiger partial charge in [0.25, 0.3) is 0 Å². The van der Waals surface area contributed by atoms with Crippen molar-refractivity contribution in [3.63, 3.8) is 0 Å². The van der Waals surface area contributed by atoms with Crippen LogP contribution in [0.25, 0.3) is 0 Å². The molecule has 0 N–H and O–H groups in total. The van der Waals surface area contributed by atoms with Gasteiger partial charge in [-0.2, -0.15) is 21.6 Å². The highest BCUT2D eigenvalue weighted by atomic mass is 32.2. The van der Waals surface area contributed by atoms with Gasteiger partial charge in [0.15, 0.2) is 0 Å². The second-order valence-corrected chi connectivity index (χ2v) is 23.6. The standard InChI is InChI=1S/C37H52F3O3P2SSi/c38-37(39,40)46(41,42)43-47(35-27-15-13-25-33(35)44(29-17-5-1-6-18-29)30-19-7-2-8-20-30)36-28-16-14-26-34(36)45(31-21-9-3-10-22-31)32-23-11-4-12-24-32/h13-16,25-32H,1-12,17-24H2. The predicted octanol–water partition coefficient (Wildman–Crippen LogP) is 9.20. The fourth-order valence-electron chi connectivity index (χ4n) is 8.99. The van der Waals surface area contributed by atoms with Gasteiger partial charge in [-0.25, -0.2) is 0 Å². The fraction of sp³-hybridized carbons (Fsp3) is 0.676. The molecule has 259 valence electrons. The number of halogens is 3. The number of hydrogen-bond acceptors (Lipinski definition) is 3. The van der Waals surface area contributed by atoms with Gasteiger partial charge < -0.3 is 0 Å². The molecule has 0 unspecified atom stereocenters. The minimum Gasteiger partial charge on any atom is -0.296 e. The van der Waals surface area contributed by atoms with E-state index in [0.717, 1.165) is 72.3 Å². The molecule has 4 saturated carbocycles. The van der Waals surface area contributed by atoms with E-state index in [4.69, 9.17) is 3.87 Å². The lowest BCUT2D eigenvalue weighted by Crippen LogP contribution is -2.57. The van der Waals surface area contributed by atoms with Crippen molar-refractivity contribution in [3.05, 3.63) is 48.5 Å². The number of hydrogen-bond donors (Lipinski definition) is 0. The van der Waals surface area contributed by atoms with Gasteiger partial charge in [-0.3, -0.25) is 3.87 Å². The van der Waals surface area contributed by atoms with E-state index in [1.165, 1.54) is 77.0 Å². The van der Waals surface area contributed by atoms with Crippen LogP contribution in [0.4, 0.5) is 13.2 Å². The van der Waals surface area contributed by atoms with Crippen LogP contribution in [0.5, 0.6) is 0 Å². The lowest BCUT2D eigenvalue weighted by Gasteiger charge is -2.41. The summed E-state index contributed by atoms with van der Waals surface area (Å²) in [6, 6.07) is 16.0. The summed E-state index contributed by atoms with van der Waals surface area (Å²) in [6.07, 6.45) is 23.8. The zero-order chi connectivity index (χ0) is 32.9. The molecular weight excluding hydrogens is 671 g/mol. The van der Waals surface area contributed by atoms with Crippen molar-refractivity contribution in [1.29, 1.82) is 0 Å². The van der Waals surface area contributed by atoms with Crippen LogP contribution >= 0.6 is 15.8 Å². The van der Waals surface area contributed by atoms with E-state index in [2.05, 4.69) is 12.1 Å². The highest BCUT2D eigenvalue weighted by molar-refractivity contribution is 7.88. The van der Waals surface area contributed by atoms with Crippen LogP contribution in [0, 0.1) is 0 Å². The molecular formula is C37H52F3O3P2SSi. The van der Waals surface area contributed by atoms with E-state index in [0.29, 0.717) is 22.6 Å². The van der Waals surface area contributed by atoms with E-state index < -0.39 is 40.5 Å². The molecule has 3 nitrogen and oxygen atoms in total. The van der Waals surface area contributed by atoms with Gasteiger partial charge >= 0.3 is 24.7 Å². The Morgan fingerprint density at radius 1 is 0.532 bits per heavy atom. The summed E-state index contributed by atoms with van der Waals surface area (Å²) in [5.74, 6) is 0. The molecule has 0 amide bonds. The predicted molar refractivity (Wildman–Crippen MR) is 195 cm³/mol. The molecule has 4 aliphatic rings. The summed E-state index contributed by atoms with van der Waals surface area (Å²) in [6.45, 7) is 0. The molecule has 2 aromatic rings. The van der Waals surface area contributed by atoms with Crippen LogP contribution in [-0.2, 0) is 14.0 Å². The Balaban J connectivity index is 1.51. The maximum atomic E-state index is 14.2. The van der Waals surface area contributed by atoms with Crippen LogP contribution < -0.4 is 21.0 Å². The van der Waals surface area contributed by atoms with E-state index in [9.17, 15) is 21.6 Å². The maximum Gasteiger partial charge on any atom is 0.522 e. The maximum absolute atomic E-state index is 14.2. The molecule has 2 aromatic carbocycles.